The van der Waals surface area contributed by atoms with Crippen molar-refractivity contribution in [2.45, 2.75) is 11.8 Å². The summed E-state index contributed by atoms with van der Waals surface area (Å²) in [6.45, 7) is 1.93. The Labute approximate surface area is 164 Å². The number of aryl methyl sites for hydroxylation is 1. The van der Waals surface area contributed by atoms with Crippen LogP contribution in [0.2, 0.25) is 0 Å². The van der Waals surface area contributed by atoms with E-state index in [0.29, 0.717) is 5.56 Å². The Morgan fingerprint density at radius 2 is 1.86 bits per heavy atom. The number of benzene rings is 2. The number of allylic oxidation sites excluding steroid dienone is 1. The van der Waals surface area contributed by atoms with Gasteiger partial charge in [-0.2, -0.15) is 8.42 Å². The Kier molecular flexibility index (Phi) is 4.52. The number of ether oxygens (including phenoxy) is 1. The molecule has 5 nitrogen and oxygen atoms in total. The van der Waals surface area contributed by atoms with E-state index >= 15 is 0 Å². The molecule has 0 radical (unpaired) electrons. The van der Waals surface area contributed by atoms with Gasteiger partial charge in [0.1, 0.15) is 22.2 Å². The van der Waals surface area contributed by atoms with Crippen molar-refractivity contribution < 1.29 is 26.5 Å². The number of carbonyl (C=O) groups excluding carboxylic acids is 1. The smallest absolute Gasteiger partial charge is 0.339 e. The summed E-state index contributed by atoms with van der Waals surface area (Å²) in [6, 6.07) is 10.4. The normalized spacial score (nSPS) is 14.8. The van der Waals surface area contributed by atoms with Gasteiger partial charge < -0.3 is 8.92 Å². The summed E-state index contributed by atoms with van der Waals surface area (Å²) >= 11 is 1.49. The number of fused-ring (bicyclic) bond motifs is 1. The molecule has 3 aromatic rings. The molecular formula is C20H13FO5S2. The predicted molar refractivity (Wildman–Crippen MR) is 103 cm³/mol. The molecule has 8 heteroatoms. The molecule has 142 valence electrons. The van der Waals surface area contributed by atoms with E-state index in [1.807, 2.05) is 18.4 Å². The van der Waals surface area contributed by atoms with Crippen molar-refractivity contribution in [1.82, 2.24) is 0 Å². The standard InChI is InChI=1S/C20H13FO5S2/c1-12-8-9-27-19(12)11-18-20(22)16-7-4-14(10-17(16)25-18)26-28(23,24)15-5-2-13(21)3-6-15/h2-11H,1H3/b18-11-. The van der Waals surface area contributed by atoms with Gasteiger partial charge in [0, 0.05) is 17.0 Å². The van der Waals surface area contributed by atoms with Gasteiger partial charge in [-0.3, -0.25) is 4.79 Å². The minimum Gasteiger partial charge on any atom is -0.452 e. The SMILES string of the molecule is Cc1ccsc1/C=C1\Oc2cc(OS(=O)(=O)c3ccc(F)cc3)ccc2C1=O. The average Bonchev–Trinajstić information content (AvgIpc) is 3.19. The predicted octanol–water partition coefficient (Wildman–Crippen LogP) is 4.58. The zero-order chi connectivity index (χ0) is 19.9. The molecule has 0 saturated heterocycles. The highest BCUT2D eigenvalue weighted by molar-refractivity contribution is 7.87. The molecule has 2 heterocycles. The average molecular weight is 416 g/mol. The number of thiophene rings is 1. The molecule has 0 bridgehead atoms. The van der Waals surface area contributed by atoms with Gasteiger partial charge in [-0.25, -0.2) is 4.39 Å². The lowest BCUT2D eigenvalue weighted by Crippen LogP contribution is -2.09. The molecule has 0 fully saturated rings. The number of halogens is 1. The van der Waals surface area contributed by atoms with Crippen LogP contribution in [-0.2, 0) is 10.1 Å². The zero-order valence-corrected chi connectivity index (χ0v) is 16.1. The van der Waals surface area contributed by atoms with Gasteiger partial charge in [0.15, 0.2) is 5.76 Å². The summed E-state index contributed by atoms with van der Waals surface area (Å²) < 4.78 is 48.4. The van der Waals surface area contributed by atoms with Gasteiger partial charge in [-0.1, -0.05) is 0 Å². The van der Waals surface area contributed by atoms with Gasteiger partial charge >= 0.3 is 10.1 Å². The highest BCUT2D eigenvalue weighted by Crippen LogP contribution is 2.36. The van der Waals surface area contributed by atoms with Crippen LogP contribution in [0.4, 0.5) is 4.39 Å². The minimum absolute atomic E-state index is 0.00979. The lowest BCUT2D eigenvalue weighted by Gasteiger charge is -2.07. The second-order valence-electron chi connectivity index (χ2n) is 6.06. The van der Waals surface area contributed by atoms with Crippen molar-refractivity contribution in [1.29, 1.82) is 0 Å². The van der Waals surface area contributed by atoms with E-state index in [9.17, 15) is 17.6 Å². The molecule has 0 N–H and O–H groups in total. The molecule has 1 aromatic heterocycles. The van der Waals surface area contributed by atoms with Crippen LogP contribution in [0.15, 0.2) is 64.6 Å². The first-order valence-corrected chi connectivity index (χ1v) is 10.4. The first kappa shape index (κ1) is 18.4. The van der Waals surface area contributed by atoms with Crippen LogP contribution < -0.4 is 8.92 Å². The van der Waals surface area contributed by atoms with Crippen LogP contribution in [-0.4, -0.2) is 14.2 Å². The van der Waals surface area contributed by atoms with Crippen LogP contribution in [0.5, 0.6) is 11.5 Å². The number of Topliss-reactive ketones (excluding diaryl/α,β-unsaturated/α-hetero) is 1. The highest BCUT2D eigenvalue weighted by Gasteiger charge is 2.29. The van der Waals surface area contributed by atoms with Crippen LogP contribution in [0.3, 0.4) is 0 Å². The monoisotopic (exact) mass is 416 g/mol. The molecule has 4 rings (SSSR count). The topological polar surface area (TPSA) is 69.7 Å². The maximum absolute atomic E-state index is 13.0. The Balaban J connectivity index is 1.60. The summed E-state index contributed by atoms with van der Waals surface area (Å²) in [6.07, 6.45) is 1.66. The van der Waals surface area contributed by atoms with Crippen molar-refractivity contribution in [3.05, 3.63) is 81.5 Å². The van der Waals surface area contributed by atoms with Gasteiger partial charge in [0.05, 0.1) is 5.56 Å². The minimum atomic E-state index is -4.14. The molecule has 0 atom stereocenters. The van der Waals surface area contributed by atoms with E-state index in [1.165, 1.54) is 29.5 Å². The lowest BCUT2D eigenvalue weighted by atomic mass is 10.1. The second-order valence-corrected chi connectivity index (χ2v) is 8.55. The largest absolute Gasteiger partial charge is 0.452 e. The second kappa shape index (κ2) is 6.88. The Morgan fingerprint density at radius 3 is 2.54 bits per heavy atom. The summed E-state index contributed by atoms with van der Waals surface area (Å²) in [7, 11) is -4.14. The van der Waals surface area contributed by atoms with Crippen molar-refractivity contribution in [3.8, 4) is 11.5 Å². The molecule has 0 unspecified atom stereocenters. The third kappa shape index (κ3) is 3.44. The van der Waals surface area contributed by atoms with E-state index in [-0.39, 0.29) is 27.9 Å². The fourth-order valence-electron chi connectivity index (χ4n) is 2.65. The lowest BCUT2D eigenvalue weighted by molar-refractivity contribution is 0.101. The van der Waals surface area contributed by atoms with Crippen LogP contribution in [0.25, 0.3) is 6.08 Å². The number of rotatable bonds is 4. The molecule has 2 aromatic carbocycles. The summed E-state index contributed by atoms with van der Waals surface area (Å²) in [4.78, 5) is 13.2. The molecule has 1 aliphatic rings. The van der Waals surface area contributed by atoms with Crippen molar-refractivity contribution in [3.63, 3.8) is 0 Å². The Morgan fingerprint density at radius 1 is 1.11 bits per heavy atom. The van der Waals surface area contributed by atoms with Gasteiger partial charge in [0.25, 0.3) is 0 Å². The number of hydrogen-bond donors (Lipinski definition) is 0. The summed E-state index contributed by atoms with van der Waals surface area (Å²) in [5.74, 6) is -0.458. The van der Waals surface area contributed by atoms with Crippen molar-refractivity contribution >= 4 is 33.3 Å². The first-order valence-electron chi connectivity index (χ1n) is 8.16. The van der Waals surface area contributed by atoms with Crippen molar-refractivity contribution in [2.75, 3.05) is 0 Å². The molecule has 0 aliphatic carbocycles. The van der Waals surface area contributed by atoms with E-state index < -0.39 is 15.9 Å². The maximum Gasteiger partial charge on any atom is 0.339 e. The maximum atomic E-state index is 13.0. The summed E-state index contributed by atoms with van der Waals surface area (Å²) in [5.41, 5.74) is 1.35. The van der Waals surface area contributed by atoms with Gasteiger partial charge in [0.2, 0.25) is 5.78 Å². The Hall–Kier alpha value is -2.97. The highest BCUT2D eigenvalue weighted by atomic mass is 32.2. The molecule has 28 heavy (non-hydrogen) atoms. The zero-order valence-electron chi connectivity index (χ0n) is 14.5. The van der Waals surface area contributed by atoms with Gasteiger partial charge in [-0.05, 0) is 60.3 Å². The Bertz CT molecular complexity index is 1210. The number of hydrogen-bond acceptors (Lipinski definition) is 6. The quantitative estimate of drug-likeness (QED) is 0.460. The van der Waals surface area contributed by atoms with Crippen LogP contribution in [0, 0.1) is 12.7 Å². The van der Waals surface area contributed by atoms with E-state index in [1.54, 1.807) is 6.08 Å². The van der Waals surface area contributed by atoms with Gasteiger partial charge in [-0.15, -0.1) is 11.3 Å². The first-order chi connectivity index (χ1) is 13.3. The summed E-state index contributed by atoms with van der Waals surface area (Å²) in [5, 5.41) is 1.92. The number of ketones is 1. The van der Waals surface area contributed by atoms with Crippen molar-refractivity contribution in [2.24, 2.45) is 0 Å². The van der Waals surface area contributed by atoms with E-state index in [2.05, 4.69) is 0 Å². The third-order valence-corrected chi connectivity index (χ3v) is 6.34. The fraction of sp³-hybridized carbons (Fsp3) is 0.0500. The molecular weight excluding hydrogens is 403 g/mol. The fourth-order valence-corrected chi connectivity index (χ4v) is 4.42. The van der Waals surface area contributed by atoms with Crippen LogP contribution in [0.1, 0.15) is 20.8 Å². The molecule has 0 saturated carbocycles. The molecule has 1 aliphatic heterocycles. The molecule has 0 amide bonds. The third-order valence-electron chi connectivity index (χ3n) is 4.11. The van der Waals surface area contributed by atoms with Crippen LogP contribution >= 0.6 is 11.3 Å². The van der Waals surface area contributed by atoms with E-state index in [4.69, 9.17) is 8.92 Å². The number of carbonyl (C=O) groups is 1. The van der Waals surface area contributed by atoms with E-state index in [0.717, 1.165) is 34.7 Å². The molecule has 0 spiro atoms.